The molecule has 0 radical (unpaired) electrons. The van der Waals surface area contributed by atoms with E-state index in [4.69, 9.17) is 16.3 Å². The predicted molar refractivity (Wildman–Crippen MR) is 77.3 cm³/mol. The van der Waals surface area contributed by atoms with Crippen LogP contribution in [0.3, 0.4) is 0 Å². The minimum Gasteiger partial charge on any atom is -0.367 e. The van der Waals surface area contributed by atoms with Crippen LogP contribution in [-0.2, 0) is 10.9 Å². The molecule has 0 amide bonds. The smallest absolute Gasteiger partial charge is 0.367 e. The number of ether oxygens (including phenoxy) is 1. The topological polar surface area (TPSA) is 38.2 Å². The van der Waals surface area contributed by atoms with Crippen molar-refractivity contribution in [2.24, 2.45) is 0 Å². The third-order valence-corrected chi connectivity index (χ3v) is 4.39. The summed E-state index contributed by atoms with van der Waals surface area (Å²) in [6.45, 7) is 1.40. The molecule has 9 heteroatoms. The van der Waals surface area contributed by atoms with Gasteiger partial charge < -0.3 is 9.64 Å². The monoisotopic (exact) mass is 349 g/mol. The van der Waals surface area contributed by atoms with Crippen molar-refractivity contribution < 1.29 is 17.9 Å². The van der Waals surface area contributed by atoms with Gasteiger partial charge in [-0.25, -0.2) is 9.97 Å². The van der Waals surface area contributed by atoms with Crippen LogP contribution in [0.2, 0.25) is 5.02 Å². The zero-order valence-corrected chi connectivity index (χ0v) is 12.8. The largest absolute Gasteiger partial charge is 0.417 e. The molecule has 0 bridgehead atoms. The molecule has 22 heavy (non-hydrogen) atoms. The summed E-state index contributed by atoms with van der Waals surface area (Å²) in [6, 6.07) is 0.901. The highest BCUT2D eigenvalue weighted by molar-refractivity contribution is 7.09. The molecule has 118 valence electrons. The molecular formula is C13H11ClF3N3OS. The highest BCUT2D eigenvalue weighted by Gasteiger charge is 2.33. The maximum atomic E-state index is 12.7. The number of pyridine rings is 1. The van der Waals surface area contributed by atoms with Crippen LogP contribution in [0, 0.1) is 0 Å². The van der Waals surface area contributed by atoms with Crippen LogP contribution in [0.4, 0.5) is 19.0 Å². The lowest BCUT2D eigenvalue weighted by molar-refractivity contribution is -0.137. The molecule has 0 saturated carbocycles. The predicted octanol–water partition coefficient (Wildman–Crippen LogP) is 3.79. The highest BCUT2D eigenvalue weighted by atomic mass is 35.5. The first-order valence-electron chi connectivity index (χ1n) is 6.44. The van der Waals surface area contributed by atoms with Crippen molar-refractivity contribution in [1.82, 2.24) is 9.97 Å². The Morgan fingerprint density at radius 1 is 1.36 bits per heavy atom. The fraction of sp³-hybridized carbons (Fsp3) is 0.385. The first-order chi connectivity index (χ1) is 10.4. The Morgan fingerprint density at radius 2 is 2.18 bits per heavy atom. The van der Waals surface area contributed by atoms with E-state index in [-0.39, 0.29) is 11.1 Å². The molecule has 1 saturated heterocycles. The van der Waals surface area contributed by atoms with Crippen molar-refractivity contribution in [1.29, 1.82) is 0 Å². The van der Waals surface area contributed by atoms with E-state index < -0.39 is 11.7 Å². The summed E-state index contributed by atoms with van der Waals surface area (Å²) in [7, 11) is 0. The van der Waals surface area contributed by atoms with Gasteiger partial charge in [0.1, 0.15) is 16.9 Å². The zero-order chi connectivity index (χ0) is 15.7. The van der Waals surface area contributed by atoms with Gasteiger partial charge in [0.15, 0.2) is 0 Å². The summed E-state index contributed by atoms with van der Waals surface area (Å²) in [5.74, 6) is 0.333. The van der Waals surface area contributed by atoms with Crippen LogP contribution in [0.1, 0.15) is 16.7 Å². The number of hydrogen-bond donors (Lipinski definition) is 0. The second-order valence-corrected chi connectivity index (χ2v) is 6.04. The molecule has 4 nitrogen and oxygen atoms in total. The van der Waals surface area contributed by atoms with Gasteiger partial charge in [0.2, 0.25) is 0 Å². The van der Waals surface area contributed by atoms with Crippen molar-refractivity contribution >= 4 is 28.8 Å². The van der Waals surface area contributed by atoms with Crippen LogP contribution < -0.4 is 4.90 Å². The van der Waals surface area contributed by atoms with E-state index in [1.807, 2.05) is 10.3 Å². The summed E-state index contributed by atoms with van der Waals surface area (Å²) >= 11 is 7.46. The van der Waals surface area contributed by atoms with Gasteiger partial charge in [0.05, 0.1) is 23.7 Å². The molecule has 0 unspecified atom stereocenters. The molecular weight excluding hydrogens is 339 g/mol. The molecule has 2 aromatic rings. The Morgan fingerprint density at radius 3 is 2.82 bits per heavy atom. The third kappa shape index (κ3) is 3.18. The molecule has 1 aliphatic heterocycles. The molecule has 0 spiro atoms. The molecule has 2 aromatic heterocycles. The van der Waals surface area contributed by atoms with Crippen molar-refractivity contribution in [3.63, 3.8) is 0 Å². The van der Waals surface area contributed by atoms with Crippen LogP contribution in [0.15, 0.2) is 23.8 Å². The lowest BCUT2D eigenvalue weighted by Gasteiger charge is -2.33. The maximum absolute atomic E-state index is 12.7. The zero-order valence-electron chi connectivity index (χ0n) is 11.2. The average molecular weight is 350 g/mol. The van der Waals surface area contributed by atoms with Crippen LogP contribution in [-0.4, -0.2) is 29.7 Å². The van der Waals surface area contributed by atoms with E-state index in [1.54, 1.807) is 6.20 Å². The summed E-state index contributed by atoms with van der Waals surface area (Å²) < 4.78 is 43.6. The summed E-state index contributed by atoms with van der Waals surface area (Å²) in [6.07, 6.45) is -2.20. The van der Waals surface area contributed by atoms with E-state index in [0.29, 0.717) is 25.5 Å². The Balaban J connectivity index is 1.82. The van der Waals surface area contributed by atoms with E-state index in [2.05, 4.69) is 9.97 Å². The van der Waals surface area contributed by atoms with E-state index in [1.165, 1.54) is 11.3 Å². The second kappa shape index (κ2) is 6.02. The number of hydrogen-bond acceptors (Lipinski definition) is 5. The average Bonchev–Trinajstić information content (AvgIpc) is 3.00. The SMILES string of the molecule is FC(F)(F)c1cnc(N2CCO[C@H](c3nccs3)C2)c(Cl)c1. The molecule has 0 aliphatic carbocycles. The quantitative estimate of drug-likeness (QED) is 0.827. The van der Waals surface area contributed by atoms with Gasteiger partial charge in [0.25, 0.3) is 0 Å². The molecule has 1 atom stereocenters. The lowest BCUT2D eigenvalue weighted by Crippen LogP contribution is -2.39. The van der Waals surface area contributed by atoms with Crippen molar-refractivity contribution in [2.75, 3.05) is 24.6 Å². The maximum Gasteiger partial charge on any atom is 0.417 e. The number of aromatic nitrogens is 2. The minimum absolute atomic E-state index is 0.0189. The van der Waals surface area contributed by atoms with Gasteiger partial charge in [-0.3, -0.25) is 0 Å². The molecule has 1 aliphatic rings. The standard InChI is InChI=1S/C13H11ClF3N3OS/c14-9-5-8(13(15,16)17)6-19-11(9)20-2-3-21-10(7-20)12-18-1-4-22-12/h1,4-6,10H,2-3,7H2/t10-/m0/s1. The molecule has 0 aromatic carbocycles. The highest BCUT2D eigenvalue weighted by Crippen LogP contribution is 2.35. The Bertz CT molecular complexity index is 650. The summed E-state index contributed by atoms with van der Waals surface area (Å²) in [5.41, 5.74) is -0.856. The Hall–Kier alpha value is -1.38. The molecule has 3 heterocycles. The third-order valence-electron chi connectivity index (χ3n) is 3.24. The van der Waals surface area contributed by atoms with Crippen LogP contribution in [0.25, 0.3) is 0 Å². The minimum atomic E-state index is -4.45. The van der Waals surface area contributed by atoms with Gasteiger partial charge in [-0.05, 0) is 6.07 Å². The number of morpholine rings is 1. The number of rotatable bonds is 2. The van der Waals surface area contributed by atoms with Crippen LogP contribution >= 0.6 is 22.9 Å². The van der Waals surface area contributed by atoms with Gasteiger partial charge in [-0.2, -0.15) is 13.2 Å². The normalized spacial score (nSPS) is 19.5. The van der Waals surface area contributed by atoms with E-state index in [9.17, 15) is 13.2 Å². The van der Waals surface area contributed by atoms with E-state index >= 15 is 0 Å². The summed E-state index contributed by atoms with van der Waals surface area (Å²) in [4.78, 5) is 9.90. The lowest BCUT2D eigenvalue weighted by atomic mass is 10.2. The molecule has 1 fully saturated rings. The number of anilines is 1. The first-order valence-corrected chi connectivity index (χ1v) is 7.69. The second-order valence-electron chi connectivity index (χ2n) is 4.70. The van der Waals surface area contributed by atoms with Gasteiger partial charge in [-0.15, -0.1) is 11.3 Å². The number of thiazole rings is 1. The van der Waals surface area contributed by atoms with Gasteiger partial charge >= 0.3 is 6.18 Å². The van der Waals surface area contributed by atoms with Crippen molar-refractivity contribution in [2.45, 2.75) is 12.3 Å². The van der Waals surface area contributed by atoms with E-state index in [0.717, 1.165) is 17.3 Å². The van der Waals surface area contributed by atoms with Gasteiger partial charge in [-0.1, -0.05) is 11.6 Å². The molecule has 0 N–H and O–H groups in total. The molecule has 3 rings (SSSR count). The Kier molecular flexibility index (Phi) is 4.24. The number of nitrogens with zero attached hydrogens (tertiary/aromatic N) is 3. The fourth-order valence-corrected chi connectivity index (χ4v) is 3.17. The van der Waals surface area contributed by atoms with Crippen molar-refractivity contribution in [3.05, 3.63) is 39.4 Å². The summed E-state index contributed by atoms with van der Waals surface area (Å²) in [5, 5.41) is 2.66. The first kappa shape index (κ1) is 15.5. The van der Waals surface area contributed by atoms with Crippen molar-refractivity contribution in [3.8, 4) is 0 Å². The number of alkyl halides is 3. The van der Waals surface area contributed by atoms with Crippen LogP contribution in [0.5, 0.6) is 0 Å². The van der Waals surface area contributed by atoms with Gasteiger partial charge in [0, 0.05) is 24.3 Å². The number of halogens is 4. The Labute approximate surface area is 133 Å². The fourth-order valence-electron chi connectivity index (χ4n) is 2.20.